The normalized spacial score (nSPS) is 46.0. The summed E-state index contributed by atoms with van der Waals surface area (Å²) in [4.78, 5) is 10.4. The number of hydrogen-bond acceptors (Lipinski definition) is 2. The monoisotopic (exact) mass is 124 g/mol. The molecule has 0 aliphatic carbocycles. The molecule has 1 fully saturated rings. The zero-order chi connectivity index (χ0) is 6.32. The van der Waals surface area contributed by atoms with Gasteiger partial charge in [0.05, 0.1) is 6.10 Å². The summed E-state index contributed by atoms with van der Waals surface area (Å²) in [6.45, 7) is 0. The maximum Gasteiger partial charge on any atom is 0.155 e. The van der Waals surface area contributed by atoms with Crippen LogP contribution in [0.2, 0.25) is 0 Å². The van der Waals surface area contributed by atoms with Gasteiger partial charge in [0.2, 0.25) is 0 Å². The van der Waals surface area contributed by atoms with Gasteiger partial charge in [0.1, 0.15) is 5.60 Å². The number of aldehydes is 1. The van der Waals surface area contributed by atoms with E-state index in [0.29, 0.717) is 0 Å². The third kappa shape index (κ3) is 0.566. The first kappa shape index (κ1) is 5.18. The minimum Gasteiger partial charge on any atom is -0.356 e. The van der Waals surface area contributed by atoms with E-state index >= 15 is 0 Å². The second kappa shape index (κ2) is 1.45. The fourth-order valence-electron chi connectivity index (χ4n) is 1.42. The Morgan fingerprint density at radius 1 is 1.78 bits per heavy atom. The van der Waals surface area contributed by atoms with Gasteiger partial charge < -0.3 is 4.74 Å². The van der Waals surface area contributed by atoms with E-state index in [4.69, 9.17) is 4.74 Å². The summed E-state index contributed by atoms with van der Waals surface area (Å²) < 4.78 is 5.33. The maximum atomic E-state index is 10.4. The lowest BCUT2D eigenvalue weighted by molar-refractivity contribution is -0.121. The van der Waals surface area contributed by atoms with Gasteiger partial charge in [-0.1, -0.05) is 6.08 Å². The van der Waals surface area contributed by atoms with E-state index in [0.717, 1.165) is 19.1 Å². The van der Waals surface area contributed by atoms with Crippen molar-refractivity contribution < 1.29 is 9.53 Å². The Morgan fingerprint density at radius 2 is 2.67 bits per heavy atom. The van der Waals surface area contributed by atoms with Gasteiger partial charge >= 0.3 is 0 Å². The van der Waals surface area contributed by atoms with Crippen LogP contribution in [-0.2, 0) is 9.53 Å². The fraction of sp³-hybridized carbons (Fsp3) is 0.571. The van der Waals surface area contributed by atoms with Crippen molar-refractivity contribution in [2.45, 2.75) is 24.5 Å². The van der Waals surface area contributed by atoms with Crippen molar-refractivity contribution in [2.24, 2.45) is 0 Å². The molecule has 0 amide bonds. The van der Waals surface area contributed by atoms with Crippen molar-refractivity contribution in [2.75, 3.05) is 0 Å². The number of rotatable bonds is 1. The minimum absolute atomic E-state index is 0.232. The molecule has 0 aromatic rings. The molecule has 2 atom stereocenters. The van der Waals surface area contributed by atoms with Gasteiger partial charge in [0, 0.05) is 0 Å². The molecule has 0 radical (unpaired) electrons. The summed E-state index contributed by atoms with van der Waals surface area (Å²) in [5, 5.41) is 0. The molecule has 2 rings (SSSR count). The van der Waals surface area contributed by atoms with Gasteiger partial charge in [-0.25, -0.2) is 0 Å². The highest BCUT2D eigenvalue weighted by atomic mass is 16.5. The highest BCUT2D eigenvalue weighted by Gasteiger charge is 2.41. The van der Waals surface area contributed by atoms with Crippen molar-refractivity contribution in [3.63, 3.8) is 0 Å². The first-order valence-corrected chi connectivity index (χ1v) is 3.18. The van der Waals surface area contributed by atoms with Crippen LogP contribution < -0.4 is 0 Å². The molecule has 9 heavy (non-hydrogen) atoms. The molecular formula is C7H8O2. The molecule has 48 valence electrons. The van der Waals surface area contributed by atoms with Crippen molar-refractivity contribution in [1.29, 1.82) is 0 Å². The Morgan fingerprint density at radius 3 is 2.89 bits per heavy atom. The van der Waals surface area contributed by atoms with Crippen LogP contribution in [0.25, 0.3) is 0 Å². The van der Waals surface area contributed by atoms with Gasteiger partial charge in [-0.15, -0.1) is 0 Å². The maximum absolute atomic E-state index is 10.4. The van der Waals surface area contributed by atoms with E-state index in [1.807, 2.05) is 12.2 Å². The summed E-state index contributed by atoms with van der Waals surface area (Å²) in [5.41, 5.74) is -0.509. The molecule has 0 aromatic heterocycles. The van der Waals surface area contributed by atoms with Crippen LogP contribution in [0.1, 0.15) is 12.8 Å². The van der Waals surface area contributed by atoms with E-state index in [9.17, 15) is 4.79 Å². The largest absolute Gasteiger partial charge is 0.356 e. The third-order valence-corrected chi connectivity index (χ3v) is 1.98. The molecular weight excluding hydrogens is 116 g/mol. The number of carbonyl (C=O) groups is 1. The lowest BCUT2D eigenvalue weighted by Crippen LogP contribution is -2.24. The van der Waals surface area contributed by atoms with Gasteiger partial charge in [0.25, 0.3) is 0 Å². The van der Waals surface area contributed by atoms with Crippen LogP contribution in [0.15, 0.2) is 12.2 Å². The standard InChI is InChI=1S/C7H8O2/c8-5-7-3-1-6(9-7)2-4-7/h1,3,5-6H,2,4H2. The summed E-state index contributed by atoms with van der Waals surface area (Å²) in [7, 11) is 0. The molecule has 2 heterocycles. The molecule has 2 unspecified atom stereocenters. The van der Waals surface area contributed by atoms with Crippen LogP contribution in [-0.4, -0.2) is 18.0 Å². The zero-order valence-electron chi connectivity index (χ0n) is 5.04. The van der Waals surface area contributed by atoms with Crippen LogP contribution in [0, 0.1) is 0 Å². The van der Waals surface area contributed by atoms with E-state index in [1.165, 1.54) is 0 Å². The average molecular weight is 124 g/mol. The highest BCUT2D eigenvalue weighted by Crippen LogP contribution is 2.36. The molecule has 0 spiro atoms. The third-order valence-electron chi connectivity index (χ3n) is 1.98. The quantitative estimate of drug-likeness (QED) is 0.379. The Kier molecular flexibility index (Phi) is 0.833. The first-order valence-electron chi connectivity index (χ1n) is 3.18. The van der Waals surface area contributed by atoms with Crippen molar-refractivity contribution in [3.05, 3.63) is 12.2 Å². The summed E-state index contributed by atoms with van der Waals surface area (Å²) in [6, 6.07) is 0. The molecule has 0 aromatic carbocycles. The van der Waals surface area contributed by atoms with E-state index in [-0.39, 0.29) is 6.10 Å². The first-order chi connectivity index (χ1) is 4.35. The number of carbonyl (C=O) groups excluding carboxylic acids is 1. The number of hydrogen-bond donors (Lipinski definition) is 0. The van der Waals surface area contributed by atoms with Gasteiger partial charge in [-0.3, -0.25) is 4.79 Å². The topological polar surface area (TPSA) is 26.3 Å². The Labute approximate surface area is 53.5 Å². The van der Waals surface area contributed by atoms with E-state index in [2.05, 4.69) is 0 Å². The molecule has 0 saturated carbocycles. The predicted octanol–water partition coefficient (Wildman–Crippen LogP) is 0.673. The van der Waals surface area contributed by atoms with Crippen molar-refractivity contribution in [1.82, 2.24) is 0 Å². The fourth-order valence-corrected chi connectivity index (χ4v) is 1.42. The average Bonchev–Trinajstić information content (AvgIpc) is 2.46. The Bertz CT molecular complexity index is 174. The second-order valence-electron chi connectivity index (χ2n) is 2.63. The van der Waals surface area contributed by atoms with Crippen molar-refractivity contribution >= 4 is 6.29 Å². The van der Waals surface area contributed by atoms with E-state index in [1.54, 1.807) is 0 Å². The SMILES string of the molecule is O=CC12C=CC(CC1)O2. The molecule has 1 saturated heterocycles. The molecule has 2 heteroatoms. The Balaban J connectivity index is 2.33. The number of fused-ring (bicyclic) bond motifs is 2. The molecule has 2 aliphatic rings. The summed E-state index contributed by atoms with van der Waals surface area (Å²) in [5.74, 6) is 0. The summed E-state index contributed by atoms with van der Waals surface area (Å²) in [6.07, 6.45) is 6.85. The molecule has 0 N–H and O–H groups in total. The molecule has 2 nitrogen and oxygen atoms in total. The molecule has 2 aliphatic heterocycles. The predicted molar refractivity (Wildman–Crippen MR) is 32.0 cm³/mol. The van der Waals surface area contributed by atoms with Gasteiger partial charge in [-0.05, 0) is 18.9 Å². The Hall–Kier alpha value is -0.630. The second-order valence-corrected chi connectivity index (χ2v) is 2.63. The van der Waals surface area contributed by atoms with Gasteiger partial charge in [0.15, 0.2) is 6.29 Å². The van der Waals surface area contributed by atoms with Crippen LogP contribution in [0.5, 0.6) is 0 Å². The van der Waals surface area contributed by atoms with Crippen LogP contribution >= 0.6 is 0 Å². The lowest BCUT2D eigenvalue weighted by Gasteiger charge is -2.11. The number of ether oxygens (including phenoxy) is 1. The summed E-state index contributed by atoms with van der Waals surface area (Å²) >= 11 is 0. The minimum atomic E-state index is -0.509. The van der Waals surface area contributed by atoms with E-state index < -0.39 is 5.60 Å². The highest BCUT2D eigenvalue weighted by molar-refractivity contribution is 5.68. The molecule has 2 bridgehead atoms. The zero-order valence-corrected chi connectivity index (χ0v) is 5.04. The van der Waals surface area contributed by atoms with Crippen LogP contribution in [0.4, 0.5) is 0 Å². The van der Waals surface area contributed by atoms with Crippen molar-refractivity contribution in [3.8, 4) is 0 Å². The van der Waals surface area contributed by atoms with Gasteiger partial charge in [-0.2, -0.15) is 0 Å². The van der Waals surface area contributed by atoms with Crippen LogP contribution in [0.3, 0.4) is 0 Å². The lowest BCUT2D eigenvalue weighted by atomic mass is 9.97. The smallest absolute Gasteiger partial charge is 0.155 e.